The standard InChI is InChI=1S/C10H11NO3/c11-10(14)9-4-7(1-2-12)3-8(5-9)6-13/h3-6,12H,1-2H2,(H2,11,14). The van der Waals surface area contributed by atoms with Crippen molar-refractivity contribution in [2.75, 3.05) is 6.61 Å². The molecule has 0 aromatic heterocycles. The number of aldehydes is 1. The zero-order chi connectivity index (χ0) is 10.6. The van der Waals surface area contributed by atoms with Crippen molar-refractivity contribution in [3.8, 4) is 0 Å². The van der Waals surface area contributed by atoms with Crippen LogP contribution in [0.15, 0.2) is 18.2 Å². The maximum atomic E-state index is 10.9. The van der Waals surface area contributed by atoms with Crippen LogP contribution in [0, 0.1) is 0 Å². The van der Waals surface area contributed by atoms with Crippen LogP contribution in [0.25, 0.3) is 0 Å². The molecule has 1 aromatic rings. The minimum absolute atomic E-state index is 0.0273. The monoisotopic (exact) mass is 193 g/mol. The molecule has 1 aromatic carbocycles. The molecule has 0 saturated heterocycles. The fraction of sp³-hybridized carbons (Fsp3) is 0.200. The minimum Gasteiger partial charge on any atom is -0.396 e. The molecule has 0 bridgehead atoms. The fourth-order valence-electron chi connectivity index (χ4n) is 1.20. The maximum absolute atomic E-state index is 10.9. The topological polar surface area (TPSA) is 80.4 Å². The van der Waals surface area contributed by atoms with Crippen molar-refractivity contribution < 1.29 is 14.7 Å². The second-order valence-corrected chi connectivity index (χ2v) is 2.92. The van der Waals surface area contributed by atoms with Crippen LogP contribution in [0.2, 0.25) is 0 Å². The van der Waals surface area contributed by atoms with Gasteiger partial charge in [0.25, 0.3) is 0 Å². The van der Waals surface area contributed by atoms with Gasteiger partial charge in [0.05, 0.1) is 0 Å². The second kappa shape index (κ2) is 4.53. The van der Waals surface area contributed by atoms with Gasteiger partial charge in [-0.05, 0) is 30.2 Å². The lowest BCUT2D eigenvalue weighted by Crippen LogP contribution is -2.12. The van der Waals surface area contributed by atoms with Crippen LogP contribution in [0.4, 0.5) is 0 Å². The first-order chi connectivity index (χ1) is 6.67. The highest BCUT2D eigenvalue weighted by atomic mass is 16.3. The number of amides is 1. The summed E-state index contributed by atoms with van der Waals surface area (Å²) >= 11 is 0. The van der Waals surface area contributed by atoms with E-state index in [4.69, 9.17) is 10.8 Å². The minimum atomic E-state index is -0.576. The SMILES string of the molecule is NC(=O)c1cc(C=O)cc(CCO)c1. The highest BCUT2D eigenvalue weighted by Gasteiger charge is 2.04. The number of aliphatic hydroxyl groups excluding tert-OH is 1. The van der Waals surface area contributed by atoms with Gasteiger partial charge in [0.2, 0.25) is 5.91 Å². The molecule has 0 fully saturated rings. The Labute approximate surface area is 81.3 Å². The van der Waals surface area contributed by atoms with Crippen LogP contribution in [-0.2, 0) is 6.42 Å². The van der Waals surface area contributed by atoms with E-state index in [-0.39, 0.29) is 12.2 Å². The lowest BCUT2D eigenvalue weighted by Gasteiger charge is -2.02. The largest absolute Gasteiger partial charge is 0.396 e. The zero-order valence-electron chi connectivity index (χ0n) is 7.56. The van der Waals surface area contributed by atoms with E-state index in [0.717, 1.165) is 5.56 Å². The predicted octanol–water partition coefficient (Wildman–Crippen LogP) is 0.133. The van der Waals surface area contributed by atoms with Gasteiger partial charge in [0.15, 0.2) is 0 Å². The number of carbonyl (C=O) groups is 2. The Kier molecular flexibility index (Phi) is 3.36. The summed E-state index contributed by atoms with van der Waals surface area (Å²) in [5.41, 5.74) is 6.50. The average Bonchev–Trinajstić information content (AvgIpc) is 2.17. The molecule has 14 heavy (non-hydrogen) atoms. The van der Waals surface area contributed by atoms with Crippen molar-refractivity contribution in [1.29, 1.82) is 0 Å². The molecule has 0 radical (unpaired) electrons. The third kappa shape index (κ3) is 2.40. The number of aliphatic hydroxyl groups is 1. The molecule has 1 rings (SSSR count). The summed E-state index contributed by atoms with van der Waals surface area (Å²) < 4.78 is 0. The quantitative estimate of drug-likeness (QED) is 0.667. The van der Waals surface area contributed by atoms with E-state index in [1.54, 1.807) is 12.1 Å². The fourth-order valence-corrected chi connectivity index (χ4v) is 1.20. The first kappa shape index (κ1) is 10.4. The van der Waals surface area contributed by atoms with Crippen LogP contribution >= 0.6 is 0 Å². The van der Waals surface area contributed by atoms with Crippen molar-refractivity contribution >= 4 is 12.2 Å². The first-order valence-corrected chi connectivity index (χ1v) is 4.17. The van der Waals surface area contributed by atoms with Crippen LogP contribution in [-0.4, -0.2) is 23.9 Å². The zero-order valence-corrected chi connectivity index (χ0v) is 7.56. The highest BCUT2D eigenvalue weighted by molar-refractivity contribution is 5.94. The number of primary amides is 1. The summed E-state index contributed by atoms with van der Waals surface area (Å²) in [6, 6.07) is 4.62. The highest BCUT2D eigenvalue weighted by Crippen LogP contribution is 2.09. The van der Waals surface area contributed by atoms with Crippen LogP contribution in [0.1, 0.15) is 26.3 Å². The number of nitrogens with two attached hydrogens (primary N) is 1. The molecule has 0 saturated carbocycles. The van der Waals surface area contributed by atoms with Gasteiger partial charge in [-0.15, -0.1) is 0 Å². The van der Waals surface area contributed by atoms with Gasteiger partial charge in [0.1, 0.15) is 6.29 Å². The molecule has 0 spiro atoms. The second-order valence-electron chi connectivity index (χ2n) is 2.92. The Morgan fingerprint density at radius 3 is 2.64 bits per heavy atom. The molecule has 3 N–H and O–H groups in total. The maximum Gasteiger partial charge on any atom is 0.248 e. The lowest BCUT2D eigenvalue weighted by molar-refractivity contribution is 0.1000. The number of hydrogen-bond donors (Lipinski definition) is 2. The van der Waals surface area contributed by atoms with Crippen molar-refractivity contribution in [2.24, 2.45) is 5.73 Å². The summed E-state index contributed by atoms with van der Waals surface area (Å²) in [6.07, 6.45) is 1.05. The van der Waals surface area contributed by atoms with Gasteiger partial charge < -0.3 is 10.8 Å². The van der Waals surface area contributed by atoms with Crippen LogP contribution < -0.4 is 5.73 Å². The van der Waals surface area contributed by atoms with Crippen molar-refractivity contribution in [1.82, 2.24) is 0 Å². The van der Waals surface area contributed by atoms with Gasteiger partial charge in [-0.2, -0.15) is 0 Å². The van der Waals surface area contributed by atoms with Crippen LogP contribution in [0.5, 0.6) is 0 Å². The molecule has 4 nitrogen and oxygen atoms in total. The Morgan fingerprint density at radius 2 is 2.14 bits per heavy atom. The number of hydrogen-bond acceptors (Lipinski definition) is 3. The van der Waals surface area contributed by atoms with E-state index in [0.29, 0.717) is 18.3 Å². The third-order valence-corrected chi connectivity index (χ3v) is 1.84. The van der Waals surface area contributed by atoms with Gasteiger partial charge in [-0.25, -0.2) is 0 Å². The number of rotatable bonds is 4. The van der Waals surface area contributed by atoms with Crippen LogP contribution in [0.3, 0.4) is 0 Å². The molecule has 74 valence electrons. The molecular weight excluding hydrogens is 182 g/mol. The molecule has 0 heterocycles. The number of benzene rings is 1. The lowest BCUT2D eigenvalue weighted by atomic mass is 10.0. The summed E-state index contributed by atoms with van der Waals surface area (Å²) in [6.45, 7) is -0.0273. The van der Waals surface area contributed by atoms with Crippen molar-refractivity contribution in [3.63, 3.8) is 0 Å². The normalized spacial score (nSPS) is 9.79. The summed E-state index contributed by atoms with van der Waals surface area (Å²) in [4.78, 5) is 21.4. The Bertz CT molecular complexity index is 360. The van der Waals surface area contributed by atoms with Gasteiger partial charge >= 0.3 is 0 Å². The van der Waals surface area contributed by atoms with Gasteiger partial charge in [-0.1, -0.05) is 0 Å². The van der Waals surface area contributed by atoms with Gasteiger partial charge in [-0.3, -0.25) is 9.59 Å². The molecule has 0 atom stereocenters. The summed E-state index contributed by atoms with van der Waals surface area (Å²) in [7, 11) is 0. The Morgan fingerprint density at radius 1 is 1.43 bits per heavy atom. The smallest absolute Gasteiger partial charge is 0.248 e. The average molecular weight is 193 g/mol. The summed E-state index contributed by atoms with van der Waals surface area (Å²) in [5.74, 6) is -0.576. The third-order valence-electron chi connectivity index (χ3n) is 1.84. The van der Waals surface area contributed by atoms with E-state index < -0.39 is 5.91 Å². The molecule has 0 unspecified atom stereocenters. The molecular formula is C10H11NO3. The molecule has 0 aliphatic heterocycles. The van der Waals surface area contributed by atoms with E-state index in [1.165, 1.54) is 6.07 Å². The predicted molar refractivity (Wildman–Crippen MR) is 51.1 cm³/mol. The number of carbonyl (C=O) groups excluding carboxylic acids is 2. The van der Waals surface area contributed by atoms with Crippen molar-refractivity contribution in [2.45, 2.75) is 6.42 Å². The Balaban J connectivity index is 3.12. The molecule has 0 aliphatic rings. The van der Waals surface area contributed by atoms with E-state index in [9.17, 15) is 9.59 Å². The summed E-state index contributed by atoms with van der Waals surface area (Å²) in [5, 5.41) is 8.71. The van der Waals surface area contributed by atoms with E-state index >= 15 is 0 Å². The molecule has 1 amide bonds. The van der Waals surface area contributed by atoms with Gasteiger partial charge in [0, 0.05) is 17.7 Å². The Hall–Kier alpha value is -1.68. The molecule has 0 aliphatic carbocycles. The molecule has 4 heteroatoms. The van der Waals surface area contributed by atoms with Crippen molar-refractivity contribution in [3.05, 3.63) is 34.9 Å². The van der Waals surface area contributed by atoms with E-state index in [2.05, 4.69) is 0 Å². The first-order valence-electron chi connectivity index (χ1n) is 4.17. The van der Waals surface area contributed by atoms with E-state index in [1.807, 2.05) is 0 Å².